The third-order valence-electron chi connectivity index (χ3n) is 3.64. The molecule has 0 unspecified atom stereocenters. The van der Waals surface area contributed by atoms with Crippen molar-refractivity contribution in [3.63, 3.8) is 0 Å². The summed E-state index contributed by atoms with van der Waals surface area (Å²) in [6.45, 7) is 3.95. The topological polar surface area (TPSA) is 63.2 Å². The number of hydrogen-bond donors (Lipinski definition) is 0. The second kappa shape index (κ2) is 6.39. The fraction of sp³-hybridized carbons (Fsp3) is 0.615. The van der Waals surface area contributed by atoms with E-state index in [1.807, 2.05) is 24.3 Å². The maximum absolute atomic E-state index is 12.5. The Morgan fingerprint density at radius 1 is 1.23 bits per heavy atom. The van der Waals surface area contributed by atoms with Crippen LogP contribution in [0.25, 0.3) is 0 Å². The van der Waals surface area contributed by atoms with Crippen molar-refractivity contribution in [3.8, 4) is 0 Å². The van der Waals surface area contributed by atoms with Gasteiger partial charge in [0.1, 0.15) is 0 Å². The first-order valence-electron chi connectivity index (χ1n) is 7.18. The van der Waals surface area contributed by atoms with Crippen LogP contribution in [0.3, 0.4) is 0 Å². The summed E-state index contributed by atoms with van der Waals surface area (Å²) in [4.78, 5) is 4.17. The van der Waals surface area contributed by atoms with Gasteiger partial charge in [-0.05, 0) is 6.42 Å². The summed E-state index contributed by atoms with van der Waals surface area (Å²) in [5, 5.41) is 11.3. The molecule has 2 aromatic rings. The van der Waals surface area contributed by atoms with Gasteiger partial charge in [-0.1, -0.05) is 5.10 Å². The van der Waals surface area contributed by atoms with E-state index in [9.17, 15) is 8.78 Å². The minimum atomic E-state index is -2.73. The molecule has 9 heteroatoms. The summed E-state index contributed by atoms with van der Waals surface area (Å²) in [7, 11) is 1.89. The van der Waals surface area contributed by atoms with Gasteiger partial charge in [0.25, 0.3) is 5.89 Å². The van der Waals surface area contributed by atoms with Crippen LogP contribution in [0.15, 0.2) is 16.8 Å². The normalized spacial score (nSPS) is 17.2. The van der Waals surface area contributed by atoms with Crippen molar-refractivity contribution < 1.29 is 13.2 Å². The summed E-state index contributed by atoms with van der Waals surface area (Å²) in [5.41, 5.74) is 1.16. The second-order valence-electron chi connectivity index (χ2n) is 5.36. The zero-order valence-electron chi connectivity index (χ0n) is 12.3. The second-order valence-corrected chi connectivity index (χ2v) is 5.36. The van der Waals surface area contributed by atoms with Crippen LogP contribution < -0.4 is 4.90 Å². The molecule has 1 aliphatic heterocycles. The van der Waals surface area contributed by atoms with Gasteiger partial charge in [-0.15, -0.1) is 5.10 Å². The van der Waals surface area contributed by atoms with Gasteiger partial charge in [0, 0.05) is 51.5 Å². The highest BCUT2D eigenvalue weighted by Gasteiger charge is 2.22. The predicted octanol–water partition coefficient (Wildman–Crippen LogP) is 1.45. The molecule has 0 bridgehead atoms. The maximum Gasteiger partial charge on any atom is 0.318 e. The van der Waals surface area contributed by atoms with E-state index in [-0.39, 0.29) is 6.01 Å². The molecule has 0 aromatic carbocycles. The van der Waals surface area contributed by atoms with E-state index in [4.69, 9.17) is 4.42 Å². The van der Waals surface area contributed by atoms with Crippen molar-refractivity contribution in [3.05, 3.63) is 23.8 Å². The van der Waals surface area contributed by atoms with E-state index >= 15 is 0 Å². The van der Waals surface area contributed by atoms with Crippen molar-refractivity contribution in [1.29, 1.82) is 0 Å². The zero-order chi connectivity index (χ0) is 15.5. The molecule has 2 aromatic heterocycles. The summed E-state index contributed by atoms with van der Waals surface area (Å²) in [5.74, 6) is -0.619. The average Bonchev–Trinajstić information content (AvgIpc) is 3.05. The fourth-order valence-electron chi connectivity index (χ4n) is 2.57. The van der Waals surface area contributed by atoms with E-state index in [0.29, 0.717) is 13.1 Å². The van der Waals surface area contributed by atoms with Crippen molar-refractivity contribution >= 4 is 6.01 Å². The average molecular weight is 312 g/mol. The number of anilines is 1. The molecule has 0 aliphatic carbocycles. The number of hydrogen-bond acceptors (Lipinski definition) is 6. The van der Waals surface area contributed by atoms with Gasteiger partial charge in [-0.2, -0.15) is 13.9 Å². The SMILES string of the molecule is Cn1cc(CN2CCCN(c3nnc(C(F)F)o3)CC2)cn1. The number of halogens is 2. The maximum atomic E-state index is 12.5. The van der Waals surface area contributed by atoms with E-state index in [1.165, 1.54) is 0 Å². The molecule has 0 radical (unpaired) electrons. The third-order valence-corrected chi connectivity index (χ3v) is 3.64. The van der Waals surface area contributed by atoms with Crippen LogP contribution in [0.5, 0.6) is 0 Å². The Kier molecular flexibility index (Phi) is 4.32. The lowest BCUT2D eigenvalue weighted by Crippen LogP contribution is -2.30. The highest BCUT2D eigenvalue weighted by atomic mass is 19.3. The number of rotatable bonds is 4. The first kappa shape index (κ1) is 14.9. The van der Waals surface area contributed by atoms with Crippen molar-refractivity contribution in [2.45, 2.75) is 19.4 Å². The lowest BCUT2D eigenvalue weighted by Gasteiger charge is -2.19. The van der Waals surface area contributed by atoms with Crippen molar-refractivity contribution in [2.24, 2.45) is 7.05 Å². The largest absolute Gasteiger partial charge is 0.402 e. The van der Waals surface area contributed by atoms with Gasteiger partial charge < -0.3 is 9.32 Å². The molecule has 0 saturated carbocycles. The molecule has 1 aliphatic rings. The van der Waals surface area contributed by atoms with Crippen molar-refractivity contribution in [2.75, 3.05) is 31.1 Å². The highest BCUT2D eigenvalue weighted by Crippen LogP contribution is 2.22. The third kappa shape index (κ3) is 3.41. The summed E-state index contributed by atoms with van der Waals surface area (Å²) in [6.07, 6.45) is 2.04. The van der Waals surface area contributed by atoms with Gasteiger partial charge in [0.2, 0.25) is 0 Å². The lowest BCUT2D eigenvalue weighted by atomic mass is 10.3. The predicted molar refractivity (Wildman–Crippen MR) is 74.6 cm³/mol. The Morgan fingerprint density at radius 2 is 2.09 bits per heavy atom. The van der Waals surface area contributed by atoms with Crippen LogP contribution in [0.2, 0.25) is 0 Å². The van der Waals surface area contributed by atoms with Crippen LogP contribution in [-0.2, 0) is 13.6 Å². The molecule has 0 N–H and O–H groups in total. The number of alkyl halides is 2. The number of aryl methyl sites for hydroxylation is 1. The van der Waals surface area contributed by atoms with Gasteiger partial charge in [-0.3, -0.25) is 9.58 Å². The molecule has 0 atom stereocenters. The molecule has 7 nitrogen and oxygen atoms in total. The Morgan fingerprint density at radius 3 is 2.77 bits per heavy atom. The molecule has 120 valence electrons. The number of nitrogens with zero attached hydrogens (tertiary/aromatic N) is 6. The Bertz CT molecular complexity index is 613. The zero-order valence-corrected chi connectivity index (χ0v) is 12.3. The van der Waals surface area contributed by atoms with E-state index < -0.39 is 12.3 Å². The first-order chi connectivity index (χ1) is 10.6. The monoisotopic (exact) mass is 312 g/mol. The molecule has 0 spiro atoms. The summed E-state index contributed by atoms with van der Waals surface area (Å²) >= 11 is 0. The molecular formula is C13H18F2N6O. The molecular weight excluding hydrogens is 294 g/mol. The van der Waals surface area contributed by atoms with E-state index in [0.717, 1.165) is 31.6 Å². The minimum absolute atomic E-state index is 0.179. The summed E-state index contributed by atoms with van der Waals surface area (Å²) < 4.78 is 31.8. The Labute approximate surface area is 126 Å². The standard InChI is InChI=1S/C13H18F2N6O/c1-19-8-10(7-16-19)9-20-3-2-4-21(6-5-20)13-18-17-12(22-13)11(14)15/h7-8,11H,2-6,9H2,1H3. The van der Waals surface area contributed by atoms with E-state index in [1.54, 1.807) is 4.68 Å². The molecule has 3 rings (SSSR count). The van der Waals surface area contributed by atoms with Gasteiger partial charge in [-0.25, -0.2) is 0 Å². The van der Waals surface area contributed by atoms with Crippen LogP contribution >= 0.6 is 0 Å². The van der Waals surface area contributed by atoms with Crippen molar-refractivity contribution in [1.82, 2.24) is 24.9 Å². The Hall–Kier alpha value is -2.03. The molecule has 0 amide bonds. The molecule has 22 heavy (non-hydrogen) atoms. The van der Waals surface area contributed by atoms with Gasteiger partial charge >= 0.3 is 12.4 Å². The number of aromatic nitrogens is 4. The molecule has 3 heterocycles. The van der Waals surface area contributed by atoms with Gasteiger partial charge in [0.15, 0.2) is 0 Å². The van der Waals surface area contributed by atoms with Crippen LogP contribution in [0.1, 0.15) is 24.3 Å². The van der Waals surface area contributed by atoms with Crippen LogP contribution in [0, 0.1) is 0 Å². The molecule has 1 fully saturated rings. The quantitative estimate of drug-likeness (QED) is 0.851. The smallest absolute Gasteiger partial charge is 0.318 e. The Balaban J connectivity index is 1.59. The van der Waals surface area contributed by atoms with Crippen LogP contribution in [0.4, 0.5) is 14.8 Å². The highest BCUT2D eigenvalue weighted by molar-refractivity contribution is 5.24. The van der Waals surface area contributed by atoms with Gasteiger partial charge in [0.05, 0.1) is 6.20 Å². The molecule has 1 saturated heterocycles. The summed E-state index contributed by atoms with van der Waals surface area (Å²) in [6, 6.07) is 0.179. The van der Waals surface area contributed by atoms with Crippen LogP contribution in [-0.4, -0.2) is 51.1 Å². The lowest BCUT2D eigenvalue weighted by molar-refractivity contribution is 0.115. The first-order valence-corrected chi connectivity index (χ1v) is 7.18. The van der Waals surface area contributed by atoms with E-state index in [2.05, 4.69) is 20.2 Å². The minimum Gasteiger partial charge on any atom is -0.402 e. The fourth-order valence-corrected chi connectivity index (χ4v) is 2.57.